The van der Waals surface area contributed by atoms with E-state index in [1.165, 1.54) is 0 Å². The Morgan fingerprint density at radius 3 is 2.46 bits per heavy atom. The zero-order valence-corrected chi connectivity index (χ0v) is 16.4. The lowest BCUT2D eigenvalue weighted by Crippen LogP contribution is -2.44. The molecule has 1 unspecified atom stereocenters. The molecule has 0 aliphatic rings. The molecule has 26 heavy (non-hydrogen) atoms. The van der Waals surface area contributed by atoms with Gasteiger partial charge in [0.25, 0.3) is 0 Å². The van der Waals surface area contributed by atoms with E-state index in [1.807, 2.05) is 0 Å². The van der Waals surface area contributed by atoms with E-state index in [0.717, 1.165) is 4.57 Å². The van der Waals surface area contributed by atoms with Crippen molar-refractivity contribution in [3.63, 3.8) is 0 Å². The van der Waals surface area contributed by atoms with Gasteiger partial charge in [-0.1, -0.05) is 22.9 Å². The maximum Gasteiger partial charge on any atom is 0.408 e. The first-order chi connectivity index (χ1) is 11.9. The first-order valence-corrected chi connectivity index (χ1v) is 8.90. The molecule has 2 N–H and O–H groups in total. The van der Waals surface area contributed by atoms with Gasteiger partial charge in [0.05, 0.1) is 6.61 Å². The molecular formula is C15H21ClN2O7S. The van der Waals surface area contributed by atoms with Gasteiger partial charge in [0.1, 0.15) is 23.3 Å². The first-order valence-electron chi connectivity index (χ1n) is 7.70. The predicted octanol–water partition coefficient (Wildman–Crippen LogP) is 1.65. The summed E-state index contributed by atoms with van der Waals surface area (Å²) in [6.07, 6.45) is -1.14. The second-order valence-corrected chi connectivity index (χ2v) is 7.62. The van der Waals surface area contributed by atoms with Crippen molar-refractivity contribution >= 4 is 41.0 Å². The zero-order chi connectivity index (χ0) is 20.1. The Morgan fingerprint density at radius 2 is 1.96 bits per heavy atom. The molecule has 1 atom stereocenters. The summed E-state index contributed by atoms with van der Waals surface area (Å²) in [4.78, 5) is 46.4. The normalized spacial score (nSPS) is 12.3. The van der Waals surface area contributed by atoms with Gasteiger partial charge in [-0.3, -0.25) is 14.2 Å². The average molecular weight is 409 g/mol. The Kier molecular flexibility index (Phi) is 7.64. The number of thiazole rings is 1. The second kappa shape index (κ2) is 9.04. The van der Waals surface area contributed by atoms with Gasteiger partial charge in [0.15, 0.2) is 0 Å². The lowest BCUT2D eigenvalue weighted by atomic mass is 10.2. The monoisotopic (exact) mass is 408 g/mol. The standard InChI is InChI=1S/C15H21ClN2O7S/c1-5-24-10(19)7-18-11(16)9(26-14(18)23)6-8(12(20)21)17-13(22)25-15(2,3)4/h8H,5-7H2,1-4H3,(H,17,22)(H,20,21). The molecule has 0 bridgehead atoms. The quantitative estimate of drug-likeness (QED) is 0.657. The molecule has 0 saturated heterocycles. The van der Waals surface area contributed by atoms with Gasteiger partial charge < -0.3 is 19.9 Å². The fraction of sp³-hybridized carbons (Fsp3) is 0.600. The van der Waals surface area contributed by atoms with E-state index in [4.69, 9.17) is 21.1 Å². The predicted molar refractivity (Wildman–Crippen MR) is 94.7 cm³/mol. The van der Waals surface area contributed by atoms with E-state index in [1.54, 1.807) is 27.7 Å². The minimum absolute atomic E-state index is 0.0645. The fourth-order valence-electron chi connectivity index (χ4n) is 1.86. The number of carbonyl (C=O) groups is 3. The van der Waals surface area contributed by atoms with Crippen molar-refractivity contribution in [1.82, 2.24) is 9.88 Å². The van der Waals surface area contributed by atoms with Crippen LogP contribution < -0.4 is 10.2 Å². The third kappa shape index (κ3) is 6.68. The number of aliphatic carboxylic acids is 1. The maximum atomic E-state index is 12.0. The van der Waals surface area contributed by atoms with Crippen LogP contribution in [0, 0.1) is 0 Å². The summed E-state index contributed by atoms with van der Waals surface area (Å²) in [5.41, 5.74) is -0.793. The van der Waals surface area contributed by atoms with Crippen LogP contribution in [0.1, 0.15) is 32.6 Å². The van der Waals surface area contributed by atoms with Crippen molar-refractivity contribution in [2.75, 3.05) is 6.61 Å². The Bertz CT molecular complexity index is 735. The maximum absolute atomic E-state index is 12.0. The lowest BCUT2D eigenvalue weighted by molar-refractivity contribution is -0.144. The number of amides is 1. The van der Waals surface area contributed by atoms with Crippen molar-refractivity contribution in [3.05, 3.63) is 19.7 Å². The van der Waals surface area contributed by atoms with Crippen molar-refractivity contribution in [2.45, 2.75) is 52.3 Å². The topological polar surface area (TPSA) is 124 Å². The first kappa shape index (κ1) is 22.0. The van der Waals surface area contributed by atoms with Gasteiger partial charge >= 0.3 is 22.9 Å². The Labute approximate surface area is 158 Å². The number of hydrogen-bond donors (Lipinski definition) is 2. The van der Waals surface area contributed by atoms with Crippen LogP contribution in [0.15, 0.2) is 4.79 Å². The molecule has 0 aliphatic heterocycles. The molecule has 1 amide bonds. The van der Waals surface area contributed by atoms with Crippen LogP contribution in [0.5, 0.6) is 0 Å². The highest BCUT2D eigenvalue weighted by Crippen LogP contribution is 2.21. The second-order valence-electron chi connectivity index (χ2n) is 6.21. The molecule has 9 nitrogen and oxygen atoms in total. The van der Waals surface area contributed by atoms with Crippen molar-refractivity contribution in [1.29, 1.82) is 0 Å². The van der Waals surface area contributed by atoms with E-state index < -0.39 is 34.5 Å². The summed E-state index contributed by atoms with van der Waals surface area (Å²) in [6, 6.07) is -1.35. The molecule has 1 rings (SSSR count). The Morgan fingerprint density at radius 1 is 1.35 bits per heavy atom. The zero-order valence-electron chi connectivity index (χ0n) is 14.8. The largest absolute Gasteiger partial charge is 0.480 e. The smallest absolute Gasteiger partial charge is 0.408 e. The van der Waals surface area contributed by atoms with Crippen molar-refractivity contribution in [2.24, 2.45) is 0 Å². The molecule has 0 fully saturated rings. The van der Waals surface area contributed by atoms with Gasteiger partial charge in [-0.05, 0) is 27.7 Å². The molecule has 0 aliphatic carbocycles. The van der Waals surface area contributed by atoms with Crippen LogP contribution in [0.25, 0.3) is 0 Å². The van der Waals surface area contributed by atoms with E-state index in [-0.39, 0.29) is 29.6 Å². The summed E-state index contributed by atoms with van der Waals surface area (Å²) < 4.78 is 10.8. The molecule has 0 aromatic carbocycles. The number of carbonyl (C=O) groups excluding carboxylic acids is 2. The summed E-state index contributed by atoms with van der Waals surface area (Å²) >= 11 is 6.79. The van der Waals surface area contributed by atoms with E-state index in [9.17, 15) is 24.3 Å². The van der Waals surface area contributed by atoms with Gasteiger partial charge in [-0.2, -0.15) is 0 Å². The van der Waals surface area contributed by atoms with E-state index in [0.29, 0.717) is 11.3 Å². The van der Waals surface area contributed by atoms with Gasteiger partial charge in [0, 0.05) is 11.3 Å². The summed E-state index contributed by atoms with van der Waals surface area (Å²) in [6.45, 7) is 6.32. The van der Waals surface area contributed by atoms with Crippen LogP contribution in [-0.4, -0.2) is 46.0 Å². The Balaban J connectivity index is 2.93. The van der Waals surface area contributed by atoms with Gasteiger partial charge in [-0.15, -0.1) is 0 Å². The van der Waals surface area contributed by atoms with E-state index >= 15 is 0 Å². The fourth-order valence-corrected chi connectivity index (χ4v) is 3.16. The van der Waals surface area contributed by atoms with Gasteiger partial charge in [0.2, 0.25) is 0 Å². The SMILES string of the molecule is CCOC(=O)Cn1c(Cl)c(CC(NC(=O)OC(C)(C)C)C(=O)O)sc1=O. The highest BCUT2D eigenvalue weighted by Gasteiger charge is 2.27. The number of halogens is 1. The third-order valence-corrected chi connectivity index (χ3v) is 4.41. The molecule has 0 radical (unpaired) electrons. The molecule has 1 aromatic heterocycles. The number of esters is 1. The van der Waals surface area contributed by atoms with Crippen LogP contribution >= 0.6 is 22.9 Å². The number of hydrogen-bond acceptors (Lipinski definition) is 7. The highest BCUT2D eigenvalue weighted by atomic mass is 35.5. The van der Waals surface area contributed by atoms with Gasteiger partial charge in [-0.25, -0.2) is 9.59 Å². The highest BCUT2D eigenvalue weighted by molar-refractivity contribution is 7.09. The lowest BCUT2D eigenvalue weighted by Gasteiger charge is -2.21. The van der Waals surface area contributed by atoms with Crippen molar-refractivity contribution in [3.8, 4) is 0 Å². The van der Waals surface area contributed by atoms with Crippen LogP contribution in [0.2, 0.25) is 5.15 Å². The van der Waals surface area contributed by atoms with Crippen LogP contribution in [0.4, 0.5) is 4.79 Å². The molecular weight excluding hydrogens is 388 g/mol. The number of carboxylic acids is 1. The van der Waals surface area contributed by atoms with Crippen LogP contribution in [0.3, 0.4) is 0 Å². The molecule has 1 aromatic rings. The van der Waals surface area contributed by atoms with Crippen LogP contribution in [-0.2, 0) is 32.0 Å². The number of nitrogens with zero attached hydrogens (tertiary/aromatic N) is 1. The Hall–Kier alpha value is -2.07. The number of alkyl carbamates (subject to hydrolysis) is 1. The van der Waals surface area contributed by atoms with E-state index in [2.05, 4.69) is 5.32 Å². The summed E-state index contributed by atoms with van der Waals surface area (Å²) in [7, 11) is 0. The number of rotatable bonds is 7. The average Bonchev–Trinajstić information content (AvgIpc) is 2.72. The number of ether oxygens (including phenoxy) is 2. The molecule has 11 heteroatoms. The summed E-state index contributed by atoms with van der Waals surface area (Å²) in [5.74, 6) is -1.95. The number of carboxylic acid groups (broad SMARTS) is 1. The number of aromatic nitrogens is 1. The summed E-state index contributed by atoms with van der Waals surface area (Å²) in [5, 5.41) is 11.5. The molecule has 146 valence electrons. The molecule has 0 spiro atoms. The minimum Gasteiger partial charge on any atom is -0.480 e. The van der Waals surface area contributed by atoms with Crippen molar-refractivity contribution < 1.29 is 29.0 Å². The molecule has 1 heterocycles. The molecule has 0 saturated carbocycles. The minimum atomic E-state index is -1.35. The number of nitrogens with one attached hydrogen (secondary N) is 1. The third-order valence-electron chi connectivity index (χ3n) is 2.87.